The van der Waals surface area contributed by atoms with Gasteiger partial charge in [0.25, 0.3) is 0 Å². The third-order valence-corrected chi connectivity index (χ3v) is 6.31. The number of hydrogen-bond acceptors (Lipinski definition) is 4. The number of carbonyl (C=O) groups is 1. The fraction of sp³-hybridized carbons (Fsp3) is 0.500. The first kappa shape index (κ1) is 19.5. The topological polar surface area (TPSA) is 59.2 Å². The van der Waals surface area contributed by atoms with Crippen molar-refractivity contribution in [3.63, 3.8) is 0 Å². The molecule has 2 aliphatic rings. The molecule has 5 nitrogen and oxygen atoms in total. The summed E-state index contributed by atoms with van der Waals surface area (Å²) in [6.07, 6.45) is -2.40. The molecule has 150 valence electrons. The minimum atomic E-state index is -4.69. The van der Waals surface area contributed by atoms with Gasteiger partial charge in [-0.1, -0.05) is 29.4 Å². The summed E-state index contributed by atoms with van der Waals surface area (Å²) in [5.74, 6) is -1.61. The quantitative estimate of drug-likeness (QED) is 0.633. The van der Waals surface area contributed by atoms with Crippen molar-refractivity contribution >= 4 is 29.1 Å². The van der Waals surface area contributed by atoms with E-state index in [0.29, 0.717) is 18.5 Å². The van der Waals surface area contributed by atoms with Crippen molar-refractivity contribution in [1.29, 1.82) is 0 Å². The van der Waals surface area contributed by atoms with Gasteiger partial charge in [-0.3, -0.25) is 4.79 Å². The van der Waals surface area contributed by atoms with Crippen LogP contribution < -0.4 is 0 Å². The molecule has 0 saturated heterocycles. The van der Waals surface area contributed by atoms with Gasteiger partial charge in [0.1, 0.15) is 4.33 Å². The van der Waals surface area contributed by atoms with Gasteiger partial charge >= 0.3 is 12.1 Å². The summed E-state index contributed by atoms with van der Waals surface area (Å²) >= 11 is 12.3. The SMILES string of the molecule is CC1(C(=O)N(Cc2ccc(-c3noc(C(F)(F)F)n3)cc2)C2CC2)CC1(Cl)Cl. The molecule has 10 heteroatoms. The second kappa shape index (κ2) is 6.35. The van der Waals surface area contributed by atoms with Gasteiger partial charge in [-0.05, 0) is 31.7 Å². The Hall–Kier alpha value is -1.80. The van der Waals surface area contributed by atoms with Crippen molar-refractivity contribution in [2.45, 2.75) is 49.3 Å². The highest BCUT2D eigenvalue weighted by Crippen LogP contribution is 2.65. The van der Waals surface area contributed by atoms with Gasteiger partial charge in [-0.2, -0.15) is 18.2 Å². The summed E-state index contributed by atoms with van der Waals surface area (Å²) in [5.41, 5.74) is 0.446. The highest BCUT2D eigenvalue weighted by atomic mass is 35.5. The summed E-state index contributed by atoms with van der Waals surface area (Å²) in [7, 11) is 0. The Labute approximate surface area is 168 Å². The monoisotopic (exact) mass is 433 g/mol. The highest BCUT2D eigenvalue weighted by Gasteiger charge is 2.69. The first-order valence-electron chi connectivity index (χ1n) is 8.70. The zero-order valence-corrected chi connectivity index (χ0v) is 16.3. The van der Waals surface area contributed by atoms with Crippen LogP contribution in [-0.2, 0) is 17.5 Å². The molecule has 0 bridgehead atoms. The van der Waals surface area contributed by atoms with Crippen LogP contribution in [0.5, 0.6) is 0 Å². The molecule has 0 spiro atoms. The summed E-state index contributed by atoms with van der Waals surface area (Å²) in [6, 6.07) is 6.82. The van der Waals surface area contributed by atoms with E-state index in [0.717, 1.165) is 18.4 Å². The lowest BCUT2D eigenvalue weighted by atomic mass is 10.1. The Bertz CT molecular complexity index is 910. The molecule has 1 unspecified atom stereocenters. The minimum Gasteiger partial charge on any atom is -0.335 e. The van der Waals surface area contributed by atoms with E-state index in [1.807, 2.05) is 0 Å². The predicted octanol–water partition coefficient (Wildman–Crippen LogP) is 4.83. The number of aromatic nitrogens is 2. The molecule has 2 saturated carbocycles. The number of nitrogens with zero attached hydrogens (tertiary/aromatic N) is 3. The second-order valence-electron chi connectivity index (χ2n) is 7.50. The molecule has 0 N–H and O–H groups in total. The molecule has 0 aliphatic heterocycles. The molecule has 2 aliphatic carbocycles. The fourth-order valence-electron chi connectivity index (χ4n) is 3.11. The molecule has 2 aromatic rings. The average molecular weight is 434 g/mol. The van der Waals surface area contributed by atoms with E-state index >= 15 is 0 Å². The maximum absolute atomic E-state index is 12.9. The smallest absolute Gasteiger partial charge is 0.335 e. The molecule has 4 rings (SSSR count). The fourth-order valence-corrected chi connectivity index (χ4v) is 3.81. The number of rotatable bonds is 5. The van der Waals surface area contributed by atoms with Gasteiger partial charge in [-0.25, -0.2) is 0 Å². The summed E-state index contributed by atoms with van der Waals surface area (Å²) in [4.78, 5) is 18.1. The lowest BCUT2D eigenvalue weighted by Crippen LogP contribution is -2.39. The van der Waals surface area contributed by atoms with Crippen molar-refractivity contribution in [1.82, 2.24) is 15.0 Å². The van der Waals surface area contributed by atoms with Gasteiger partial charge in [0, 0.05) is 18.2 Å². The summed E-state index contributed by atoms with van der Waals surface area (Å²) in [6.45, 7) is 2.14. The Balaban J connectivity index is 1.49. The number of benzene rings is 1. The van der Waals surface area contributed by atoms with E-state index in [1.165, 1.54) is 0 Å². The van der Waals surface area contributed by atoms with Crippen LogP contribution in [0.25, 0.3) is 11.4 Å². The first-order valence-corrected chi connectivity index (χ1v) is 9.46. The van der Waals surface area contributed by atoms with Gasteiger partial charge in [0.2, 0.25) is 11.7 Å². The largest absolute Gasteiger partial charge is 0.471 e. The Morgan fingerprint density at radius 1 is 1.29 bits per heavy atom. The van der Waals surface area contributed by atoms with E-state index in [4.69, 9.17) is 23.2 Å². The third kappa shape index (κ3) is 3.48. The lowest BCUT2D eigenvalue weighted by Gasteiger charge is -2.26. The van der Waals surface area contributed by atoms with Crippen LogP contribution in [0.2, 0.25) is 0 Å². The lowest BCUT2D eigenvalue weighted by molar-refractivity contribution is -0.159. The molecule has 28 heavy (non-hydrogen) atoms. The van der Waals surface area contributed by atoms with Crippen LogP contribution in [0.4, 0.5) is 13.2 Å². The molecule has 1 atom stereocenters. The molecule has 0 radical (unpaired) electrons. The van der Waals surface area contributed by atoms with Gasteiger partial charge < -0.3 is 9.42 Å². The average Bonchev–Trinajstić information content (AvgIpc) is 3.46. The predicted molar refractivity (Wildman–Crippen MR) is 95.5 cm³/mol. The maximum atomic E-state index is 12.9. The molecule has 2 fully saturated rings. The number of hydrogen-bond donors (Lipinski definition) is 0. The van der Waals surface area contributed by atoms with Crippen LogP contribution in [-0.4, -0.2) is 31.3 Å². The molecular formula is C18H16Cl2F3N3O2. The van der Waals surface area contributed by atoms with E-state index < -0.39 is 21.8 Å². The molecule has 1 aromatic heterocycles. The molecule has 1 aromatic carbocycles. The van der Waals surface area contributed by atoms with Crippen LogP contribution in [0.3, 0.4) is 0 Å². The van der Waals surface area contributed by atoms with E-state index in [9.17, 15) is 18.0 Å². The standard InChI is InChI=1S/C18H16Cl2F3N3O2/c1-16(9-17(16,19)20)15(27)26(12-6-7-12)8-10-2-4-11(5-3-10)13-24-14(28-25-13)18(21,22)23/h2-5,12H,6-9H2,1H3. The van der Waals surface area contributed by atoms with Gasteiger partial charge in [0.05, 0.1) is 5.41 Å². The van der Waals surface area contributed by atoms with E-state index in [2.05, 4.69) is 14.7 Å². The number of amides is 1. The minimum absolute atomic E-state index is 0.0722. The summed E-state index contributed by atoms with van der Waals surface area (Å²) in [5, 5.41) is 3.37. The zero-order valence-electron chi connectivity index (χ0n) is 14.8. The Morgan fingerprint density at radius 3 is 2.36 bits per heavy atom. The number of alkyl halides is 5. The van der Waals surface area contributed by atoms with Gasteiger partial charge in [-0.15, -0.1) is 23.2 Å². The highest BCUT2D eigenvalue weighted by molar-refractivity contribution is 6.53. The van der Waals surface area contributed by atoms with Gasteiger partial charge in [0.15, 0.2) is 0 Å². The Kier molecular flexibility index (Phi) is 4.43. The van der Waals surface area contributed by atoms with Crippen LogP contribution in [0.1, 0.15) is 37.6 Å². The van der Waals surface area contributed by atoms with Crippen molar-refractivity contribution in [3.05, 3.63) is 35.7 Å². The van der Waals surface area contributed by atoms with Crippen molar-refractivity contribution < 1.29 is 22.5 Å². The second-order valence-corrected chi connectivity index (χ2v) is 8.98. The van der Waals surface area contributed by atoms with Crippen molar-refractivity contribution in [2.24, 2.45) is 5.41 Å². The number of halogens is 5. The van der Waals surface area contributed by atoms with Crippen molar-refractivity contribution in [3.8, 4) is 11.4 Å². The zero-order chi connectivity index (χ0) is 20.3. The van der Waals surface area contributed by atoms with Crippen molar-refractivity contribution in [2.75, 3.05) is 0 Å². The molecular weight excluding hydrogens is 418 g/mol. The van der Waals surface area contributed by atoms with Crippen LogP contribution in [0, 0.1) is 5.41 Å². The van der Waals surface area contributed by atoms with Crippen LogP contribution >= 0.6 is 23.2 Å². The maximum Gasteiger partial charge on any atom is 0.471 e. The van der Waals surface area contributed by atoms with E-state index in [-0.39, 0.29) is 17.8 Å². The molecule has 1 amide bonds. The first-order chi connectivity index (χ1) is 13.0. The normalized spacial score (nSPS) is 23.5. The van der Waals surface area contributed by atoms with E-state index in [1.54, 1.807) is 36.1 Å². The van der Waals surface area contributed by atoms with Crippen LogP contribution in [0.15, 0.2) is 28.8 Å². The Morgan fingerprint density at radius 2 is 1.89 bits per heavy atom. The third-order valence-electron chi connectivity index (χ3n) is 5.21. The molecule has 1 heterocycles. The number of carbonyl (C=O) groups excluding carboxylic acids is 1. The summed E-state index contributed by atoms with van der Waals surface area (Å²) < 4.78 is 41.0.